The number of nitrogens with one attached hydrogen (secondary N) is 1. The van der Waals surface area contributed by atoms with Gasteiger partial charge in [0, 0.05) is 24.9 Å². The quantitative estimate of drug-likeness (QED) is 0.696. The zero-order valence-corrected chi connectivity index (χ0v) is 11.5. The molecule has 17 heavy (non-hydrogen) atoms. The van der Waals surface area contributed by atoms with Gasteiger partial charge in [-0.2, -0.15) is 0 Å². The molecule has 0 saturated heterocycles. The molecule has 0 aromatic heterocycles. The highest BCUT2D eigenvalue weighted by molar-refractivity contribution is 5.76. The average Bonchev–Trinajstić information content (AvgIpc) is 2.13. The van der Waals surface area contributed by atoms with E-state index in [1.165, 1.54) is 0 Å². The second kappa shape index (κ2) is 7.34. The molecule has 0 bridgehead atoms. The van der Waals surface area contributed by atoms with Gasteiger partial charge in [-0.3, -0.25) is 4.79 Å². The van der Waals surface area contributed by atoms with Crippen molar-refractivity contribution in [2.75, 3.05) is 0 Å². The van der Waals surface area contributed by atoms with E-state index in [1.807, 2.05) is 6.92 Å². The van der Waals surface area contributed by atoms with Gasteiger partial charge in [-0.1, -0.05) is 27.7 Å². The molecule has 3 heteroatoms. The zero-order chi connectivity index (χ0) is 13.5. The van der Waals surface area contributed by atoms with Crippen LogP contribution in [0, 0.1) is 17.8 Å². The van der Waals surface area contributed by atoms with Crippen LogP contribution in [-0.2, 0) is 4.79 Å². The van der Waals surface area contributed by atoms with Crippen molar-refractivity contribution in [2.24, 2.45) is 11.1 Å². The summed E-state index contributed by atoms with van der Waals surface area (Å²) in [5.41, 5.74) is 6.11. The molecule has 98 valence electrons. The Balaban J connectivity index is 4.05. The Morgan fingerprint density at radius 3 is 2.47 bits per heavy atom. The van der Waals surface area contributed by atoms with Crippen LogP contribution >= 0.6 is 0 Å². The lowest BCUT2D eigenvalue weighted by Gasteiger charge is -2.23. The van der Waals surface area contributed by atoms with Crippen molar-refractivity contribution in [1.82, 2.24) is 5.32 Å². The molecule has 2 atom stereocenters. The van der Waals surface area contributed by atoms with E-state index in [9.17, 15) is 4.79 Å². The molecule has 0 heterocycles. The van der Waals surface area contributed by atoms with Gasteiger partial charge in [-0.15, -0.1) is 12.3 Å². The van der Waals surface area contributed by atoms with Gasteiger partial charge >= 0.3 is 0 Å². The number of hydrogen-bond donors (Lipinski definition) is 2. The Labute approximate surface area is 106 Å². The third kappa shape index (κ3) is 8.76. The monoisotopic (exact) mass is 238 g/mol. The maximum atomic E-state index is 11.7. The first kappa shape index (κ1) is 16.0. The molecule has 3 nitrogen and oxygen atoms in total. The van der Waals surface area contributed by atoms with Crippen molar-refractivity contribution >= 4 is 5.91 Å². The molecule has 3 N–H and O–H groups in total. The summed E-state index contributed by atoms with van der Waals surface area (Å²) in [4.78, 5) is 11.7. The van der Waals surface area contributed by atoms with Crippen LogP contribution in [-0.4, -0.2) is 18.0 Å². The van der Waals surface area contributed by atoms with Gasteiger partial charge in [0.15, 0.2) is 0 Å². The standard InChI is InChI=1S/C14H26N2O/c1-6-8-12(7-2)16-13(17)9-11(15)10-14(3,4)5/h1,11-12H,7-10,15H2,2-5H3,(H,16,17). The number of rotatable bonds is 6. The molecule has 2 unspecified atom stereocenters. The SMILES string of the molecule is C#CCC(CC)NC(=O)CC(N)CC(C)(C)C. The summed E-state index contributed by atoms with van der Waals surface area (Å²) in [6.07, 6.45) is 7.88. The van der Waals surface area contributed by atoms with Crippen LogP contribution in [0.25, 0.3) is 0 Å². The lowest BCUT2D eigenvalue weighted by Crippen LogP contribution is -2.39. The van der Waals surface area contributed by atoms with Gasteiger partial charge in [0.1, 0.15) is 0 Å². The Morgan fingerprint density at radius 2 is 2.06 bits per heavy atom. The van der Waals surface area contributed by atoms with Crippen molar-refractivity contribution in [1.29, 1.82) is 0 Å². The summed E-state index contributed by atoms with van der Waals surface area (Å²) in [6, 6.07) is -0.00678. The lowest BCUT2D eigenvalue weighted by atomic mass is 9.87. The molecule has 0 aliphatic carbocycles. The van der Waals surface area contributed by atoms with Crippen molar-refractivity contribution in [3.63, 3.8) is 0 Å². The number of terminal acetylenes is 1. The van der Waals surface area contributed by atoms with Crippen LogP contribution in [0.3, 0.4) is 0 Å². The van der Waals surface area contributed by atoms with Gasteiger partial charge < -0.3 is 11.1 Å². The molecule has 0 aliphatic heterocycles. The van der Waals surface area contributed by atoms with Gasteiger partial charge in [0.2, 0.25) is 5.91 Å². The molecule has 0 aliphatic rings. The van der Waals surface area contributed by atoms with Crippen molar-refractivity contribution < 1.29 is 4.79 Å². The molecule has 0 fully saturated rings. The van der Waals surface area contributed by atoms with Gasteiger partial charge in [0.25, 0.3) is 0 Å². The minimum atomic E-state index is -0.0849. The molecule has 0 spiro atoms. The fourth-order valence-electron chi connectivity index (χ4n) is 1.82. The third-order valence-electron chi connectivity index (χ3n) is 2.54. The highest BCUT2D eigenvalue weighted by atomic mass is 16.1. The Morgan fingerprint density at radius 1 is 1.47 bits per heavy atom. The third-order valence-corrected chi connectivity index (χ3v) is 2.54. The highest BCUT2D eigenvalue weighted by Crippen LogP contribution is 2.20. The van der Waals surface area contributed by atoms with Gasteiger partial charge in [-0.05, 0) is 18.3 Å². The van der Waals surface area contributed by atoms with Gasteiger partial charge in [0.05, 0.1) is 0 Å². The number of hydrogen-bond acceptors (Lipinski definition) is 2. The predicted molar refractivity (Wildman–Crippen MR) is 72.3 cm³/mol. The predicted octanol–water partition coefficient (Wildman–Crippen LogP) is 2.06. The first-order valence-electron chi connectivity index (χ1n) is 6.27. The maximum Gasteiger partial charge on any atom is 0.221 e. The topological polar surface area (TPSA) is 55.1 Å². The lowest BCUT2D eigenvalue weighted by molar-refractivity contribution is -0.122. The van der Waals surface area contributed by atoms with Crippen LogP contribution in [0.1, 0.15) is 53.4 Å². The Hall–Kier alpha value is -1.01. The smallest absolute Gasteiger partial charge is 0.221 e. The molecule has 0 saturated carbocycles. The van der Waals surface area contributed by atoms with Crippen molar-refractivity contribution in [2.45, 2.75) is 65.5 Å². The van der Waals surface area contributed by atoms with Crippen molar-refractivity contribution in [3.8, 4) is 12.3 Å². The highest BCUT2D eigenvalue weighted by Gasteiger charge is 2.19. The summed E-state index contributed by atoms with van der Waals surface area (Å²) >= 11 is 0. The summed E-state index contributed by atoms with van der Waals surface area (Å²) in [5, 5.41) is 2.92. The van der Waals surface area contributed by atoms with Crippen LogP contribution in [0.15, 0.2) is 0 Å². The Kier molecular flexibility index (Phi) is 6.91. The number of carbonyl (C=O) groups is 1. The first-order chi connectivity index (χ1) is 7.78. The van der Waals surface area contributed by atoms with E-state index in [0.717, 1.165) is 12.8 Å². The van der Waals surface area contributed by atoms with Gasteiger partial charge in [-0.25, -0.2) is 0 Å². The zero-order valence-electron chi connectivity index (χ0n) is 11.5. The second-order valence-corrected chi connectivity index (χ2v) is 5.81. The maximum absolute atomic E-state index is 11.7. The van der Waals surface area contributed by atoms with Crippen LogP contribution in [0.2, 0.25) is 0 Å². The normalized spacial score (nSPS) is 14.8. The van der Waals surface area contributed by atoms with Crippen LogP contribution < -0.4 is 11.1 Å². The largest absolute Gasteiger partial charge is 0.352 e. The minimum Gasteiger partial charge on any atom is -0.352 e. The molecule has 1 amide bonds. The fraction of sp³-hybridized carbons (Fsp3) is 0.786. The molecular formula is C14H26N2O. The second-order valence-electron chi connectivity index (χ2n) is 5.81. The van der Waals surface area contributed by atoms with E-state index in [0.29, 0.717) is 12.8 Å². The minimum absolute atomic E-state index is 0.00356. The van der Waals surface area contributed by atoms with Crippen LogP contribution in [0.5, 0.6) is 0 Å². The number of amides is 1. The summed E-state index contributed by atoms with van der Waals surface area (Å²) < 4.78 is 0. The molecule has 0 aromatic carbocycles. The van der Waals surface area contributed by atoms with E-state index in [2.05, 4.69) is 32.0 Å². The van der Waals surface area contributed by atoms with E-state index >= 15 is 0 Å². The average molecular weight is 238 g/mol. The molecule has 0 radical (unpaired) electrons. The Bertz CT molecular complexity index is 273. The van der Waals surface area contributed by atoms with E-state index < -0.39 is 0 Å². The van der Waals surface area contributed by atoms with Crippen molar-refractivity contribution in [3.05, 3.63) is 0 Å². The van der Waals surface area contributed by atoms with E-state index in [-0.39, 0.29) is 23.4 Å². The van der Waals surface area contributed by atoms with Crippen LogP contribution in [0.4, 0.5) is 0 Å². The molecule has 0 aromatic rings. The summed E-state index contributed by atoms with van der Waals surface area (Å²) in [5.74, 6) is 2.57. The molecule has 0 rings (SSSR count). The summed E-state index contributed by atoms with van der Waals surface area (Å²) in [7, 11) is 0. The first-order valence-corrected chi connectivity index (χ1v) is 6.27. The van der Waals surface area contributed by atoms with E-state index in [4.69, 9.17) is 12.2 Å². The number of carbonyl (C=O) groups excluding carboxylic acids is 1. The fourth-order valence-corrected chi connectivity index (χ4v) is 1.82. The summed E-state index contributed by atoms with van der Waals surface area (Å²) in [6.45, 7) is 8.38. The van der Waals surface area contributed by atoms with E-state index in [1.54, 1.807) is 0 Å². The number of nitrogens with two attached hydrogens (primary N) is 1. The molecular weight excluding hydrogens is 212 g/mol.